The summed E-state index contributed by atoms with van der Waals surface area (Å²) in [6.07, 6.45) is -0.0805. The lowest BCUT2D eigenvalue weighted by Gasteiger charge is -2.21. The molecule has 0 aliphatic heterocycles. The van der Waals surface area contributed by atoms with Crippen LogP contribution in [0.15, 0.2) is 18.2 Å². The van der Waals surface area contributed by atoms with Gasteiger partial charge in [-0.1, -0.05) is 0 Å². The third kappa shape index (κ3) is 3.39. The van der Waals surface area contributed by atoms with Crippen LogP contribution < -0.4 is 14.4 Å². The van der Waals surface area contributed by atoms with Crippen LogP contribution in [0.2, 0.25) is 0 Å². The highest BCUT2D eigenvalue weighted by Gasteiger charge is 2.12. The molecule has 0 aliphatic rings. The zero-order valence-electron chi connectivity index (χ0n) is 10.8. The van der Waals surface area contributed by atoms with Gasteiger partial charge in [0.15, 0.2) is 5.78 Å². The van der Waals surface area contributed by atoms with E-state index in [1.165, 1.54) is 0 Å². The fourth-order valence-electron chi connectivity index (χ4n) is 1.59. The van der Waals surface area contributed by atoms with E-state index in [9.17, 15) is 4.79 Å². The summed E-state index contributed by atoms with van der Waals surface area (Å²) in [5, 5.41) is 8.46. The van der Waals surface area contributed by atoms with Crippen LogP contribution in [0.4, 0.5) is 5.69 Å². The molecule has 0 saturated carbocycles. The predicted octanol–water partition coefficient (Wildman–Crippen LogP) is 1.62. The summed E-state index contributed by atoms with van der Waals surface area (Å²) in [7, 11) is 4.91. The van der Waals surface area contributed by atoms with Crippen molar-refractivity contribution in [3.05, 3.63) is 18.2 Å². The van der Waals surface area contributed by atoms with Crippen LogP contribution in [0.5, 0.6) is 11.5 Å². The minimum absolute atomic E-state index is 0.0805. The van der Waals surface area contributed by atoms with Gasteiger partial charge in [-0.15, -0.1) is 0 Å². The first-order valence-electron chi connectivity index (χ1n) is 5.44. The third-order valence-corrected chi connectivity index (χ3v) is 2.49. The van der Waals surface area contributed by atoms with Crippen LogP contribution >= 0.6 is 0 Å². The Morgan fingerprint density at radius 1 is 1.39 bits per heavy atom. The van der Waals surface area contributed by atoms with Crippen molar-refractivity contribution in [2.45, 2.75) is 6.42 Å². The maximum atomic E-state index is 11.4. The molecule has 0 radical (unpaired) electrons. The Morgan fingerprint density at radius 2 is 2.11 bits per heavy atom. The molecule has 0 saturated heterocycles. The molecule has 96 valence electrons. The molecular weight excluding hydrogens is 232 g/mol. The first-order chi connectivity index (χ1) is 8.62. The van der Waals surface area contributed by atoms with Crippen molar-refractivity contribution < 1.29 is 14.3 Å². The minimum atomic E-state index is -0.127. The number of benzene rings is 1. The highest BCUT2D eigenvalue weighted by molar-refractivity contribution is 5.85. The van der Waals surface area contributed by atoms with Crippen LogP contribution in [0.1, 0.15) is 6.42 Å². The Morgan fingerprint density at radius 3 is 2.67 bits per heavy atom. The second kappa shape index (κ2) is 6.50. The molecule has 0 fully saturated rings. The van der Waals surface area contributed by atoms with E-state index in [4.69, 9.17) is 14.7 Å². The highest BCUT2D eigenvalue weighted by Crippen LogP contribution is 2.31. The quantitative estimate of drug-likeness (QED) is 0.765. The number of ether oxygens (including phenoxy) is 2. The molecule has 0 atom stereocenters. The Labute approximate surface area is 107 Å². The van der Waals surface area contributed by atoms with Gasteiger partial charge in [-0.3, -0.25) is 4.79 Å². The molecule has 0 bridgehead atoms. The van der Waals surface area contributed by atoms with Crippen molar-refractivity contribution in [3.8, 4) is 17.6 Å². The monoisotopic (exact) mass is 248 g/mol. The van der Waals surface area contributed by atoms with E-state index in [-0.39, 0.29) is 18.7 Å². The maximum absolute atomic E-state index is 11.4. The number of Topliss-reactive ketones (excluding diaryl/α,β-unsaturated/α-hetero) is 1. The predicted molar refractivity (Wildman–Crippen MR) is 68.1 cm³/mol. The number of hydrogen-bond donors (Lipinski definition) is 0. The van der Waals surface area contributed by atoms with Crippen molar-refractivity contribution in [2.24, 2.45) is 0 Å². The zero-order valence-corrected chi connectivity index (χ0v) is 10.8. The Balaban J connectivity index is 2.88. The lowest BCUT2D eigenvalue weighted by atomic mass is 10.2. The summed E-state index contributed by atoms with van der Waals surface area (Å²) in [6, 6.07) is 7.21. The minimum Gasteiger partial charge on any atom is -0.497 e. The van der Waals surface area contributed by atoms with E-state index < -0.39 is 0 Å². The number of nitriles is 1. The van der Waals surface area contributed by atoms with Crippen LogP contribution in [0.3, 0.4) is 0 Å². The summed E-state index contributed by atoms with van der Waals surface area (Å²) in [4.78, 5) is 13.2. The van der Waals surface area contributed by atoms with E-state index >= 15 is 0 Å². The van der Waals surface area contributed by atoms with Crippen molar-refractivity contribution >= 4 is 11.5 Å². The maximum Gasteiger partial charge on any atom is 0.166 e. The van der Waals surface area contributed by atoms with Gasteiger partial charge >= 0.3 is 0 Å². The lowest BCUT2D eigenvalue weighted by Crippen LogP contribution is -2.25. The summed E-state index contributed by atoms with van der Waals surface area (Å²) < 4.78 is 10.4. The van der Waals surface area contributed by atoms with Gasteiger partial charge < -0.3 is 14.4 Å². The van der Waals surface area contributed by atoms with E-state index in [0.29, 0.717) is 11.5 Å². The molecule has 1 aromatic carbocycles. The van der Waals surface area contributed by atoms with Crippen LogP contribution in [-0.4, -0.2) is 33.6 Å². The largest absolute Gasteiger partial charge is 0.497 e. The van der Waals surface area contributed by atoms with Gasteiger partial charge in [0.05, 0.1) is 38.9 Å². The molecule has 1 rings (SSSR count). The first kappa shape index (κ1) is 13.8. The molecule has 0 amide bonds. The van der Waals surface area contributed by atoms with E-state index in [0.717, 1.165) is 5.69 Å². The van der Waals surface area contributed by atoms with Crippen molar-refractivity contribution in [2.75, 3.05) is 32.7 Å². The second-order valence-corrected chi connectivity index (χ2v) is 3.77. The summed E-state index contributed by atoms with van der Waals surface area (Å²) >= 11 is 0. The molecule has 0 aromatic heterocycles. The summed E-state index contributed by atoms with van der Waals surface area (Å²) in [5.74, 6) is 1.19. The van der Waals surface area contributed by atoms with Crippen molar-refractivity contribution in [1.29, 1.82) is 5.26 Å². The molecule has 1 aromatic rings. The van der Waals surface area contributed by atoms with Gasteiger partial charge in [0, 0.05) is 13.1 Å². The van der Waals surface area contributed by atoms with Crippen molar-refractivity contribution in [1.82, 2.24) is 0 Å². The van der Waals surface area contributed by atoms with Crippen LogP contribution in [-0.2, 0) is 4.79 Å². The Bertz CT molecular complexity index is 466. The van der Waals surface area contributed by atoms with E-state index in [1.807, 2.05) is 12.1 Å². The molecule has 5 nitrogen and oxygen atoms in total. The number of likely N-dealkylation sites (N-methyl/N-ethyl adjacent to an activating group) is 1. The molecule has 0 heterocycles. The average molecular weight is 248 g/mol. The number of methoxy groups -OCH3 is 2. The number of hydrogen-bond acceptors (Lipinski definition) is 5. The standard InChI is InChI=1S/C13H16N2O3/c1-15(9-10(16)6-7-14)12-5-4-11(17-2)8-13(12)18-3/h4-5,8H,6,9H2,1-3H3. The van der Waals surface area contributed by atoms with Crippen molar-refractivity contribution in [3.63, 3.8) is 0 Å². The average Bonchev–Trinajstić information content (AvgIpc) is 2.38. The number of ketones is 1. The van der Waals surface area contributed by atoms with E-state index in [2.05, 4.69) is 0 Å². The van der Waals surface area contributed by atoms with Gasteiger partial charge in [0.25, 0.3) is 0 Å². The number of nitrogens with zero attached hydrogens (tertiary/aromatic N) is 2. The number of rotatable bonds is 6. The molecule has 0 N–H and O–H groups in total. The SMILES string of the molecule is COc1ccc(N(C)CC(=O)CC#N)c(OC)c1. The number of anilines is 1. The number of carbonyl (C=O) groups excluding carboxylic acids is 1. The first-order valence-corrected chi connectivity index (χ1v) is 5.44. The smallest absolute Gasteiger partial charge is 0.166 e. The third-order valence-electron chi connectivity index (χ3n) is 2.49. The molecule has 0 spiro atoms. The topological polar surface area (TPSA) is 62.6 Å². The van der Waals surface area contributed by atoms with Gasteiger partial charge in [0.2, 0.25) is 0 Å². The molecule has 0 unspecified atom stereocenters. The van der Waals surface area contributed by atoms with Gasteiger partial charge in [0.1, 0.15) is 11.5 Å². The normalized spacial score (nSPS) is 9.44. The van der Waals surface area contributed by atoms with Crippen LogP contribution in [0.25, 0.3) is 0 Å². The van der Waals surface area contributed by atoms with Gasteiger partial charge in [-0.05, 0) is 12.1 Å². The van der Waals surface area contributed by atoms with Gasteiger partial charge in [-0.2, -0.15) is 5.26 Å². The zero-order chi connectivity index (χ0) is 13.5. The fraction of sp³-hybridized carbons (Fsp3) is 0.385. The fourth-order valence-corrected chi connectivity index (χ4v) is 1.59. The highest BCUT2D eigenvalue weighted by atomic mass is 16.5. The molecule has 0 aliphatic carbocycles. The Hall–Kier alpha value is -2.22. The molecule has 5 heteroatoms. The summed E-state index contributed by atoms with van der Waals surface area (Å²) in [6.45, 7) is 0.177. The molecular formula is C13H16N2O3. The van der Waals surface area contributed by atoms with E-state index in [1.54, 1.807) is 38.3 Å². The van der Waals surface area contributed by atoms with Crippen LogP contribution in [0, 0.1) is 11.3 Å². The lowest BCUT2D eigenvalue weighted by molar-refractivity contribution is -0.116. The second-order valence-electron chi connectivity index (χ2n) is 3.77. The number of carbonyl (C=O) groups is 1. The summed E-state index contributed by atoms with van der Waals surface area (Å²) in [5.41, 5.74) is 0.782. The van der Waals surface area contributed by atoms with Gasteiger partial charge in [-0.25, -0.2) is 0 Å². The Kier molecular flexibility index (Phi) is 5.00. The molecule has 18 heavy (non-hydrogen) atoms.